The van der Waals surface area contributed by atoms with Crippen LogP contribution >= 0.6 is 0 Å². The van der Waals surface area contributed by atoms with E-state index >= 15 is 0 Å². The number of aliphatic hydroxyl groups excluding tert-OH is 1. The number of imidazole rings is 1. The summed E-state index contributed by atoms with van der Waals surface area (Å²) in [5.74, 6) is 1.45. The van der Waals surface area contributed by atoms with Gasteiger partial charge in [-0.2, -0.15) is 4.31 Å². The number of nitrogens with one attached hydrogen (secondary N) is 3. The van der Waals surface area contributed by atoms with Gasteiger partial charge in [0.2, 0.25) is 10.0 Å². The minimum Gasteiger partial charge on any atom is -0.497 e. The Morgan fingerprint density at radius 2 is 1.88 bits per heavy atom. The molecule has 4 N–H and O–H groups in total. The van der Waals surface area contributed by atoms with E-state index in [1.54, 1.807) is 49.6 Å². The van der Waals surface area contributed by atoms with Gasteiger partial charge in [0.25, 0.3) is 0 Å². The molecule has 1 fully saturated rings. The van der Waals surface area contributed by atoms with Crippen LogP contribution in [0.25, 0.3) is 11.0 Å². The number of aromatic nitrogens is 2. The van der Waals surface area contributed by atoms with Crippen molar-refractivity contribution < 1.29 is 23.0 Å². The molecule has 11 heteroatoms. The van der Waals surface area contributed by atoms with E-state index in [9.17, 15) is 18.3 Å². The number of benzene rings is 2. The first-order valence-corrected chi connectivity index (χ1v) is 12.7. The van der Waals surface area contributed by atoms with Gasteiger partial charge in [-0.25, -0.2) is 13.2 Å². The Bertz CT molecular complexity index is 1250. The normalized spacial score (nSPS) is 16.5. The number of hydrogen-bond acceptors (Lipinski definition) is 7. The maximum atomic E-state index is 12.9. The minimum absolute atomic E-state index is 0.0812. The monoisotopic (exact) mass is 490 g/mol. The number of nitrogens with zero attached hydrogens (tertiary/aromatic N) is 1. The molecule has 1 saturated heterocycles. The fourth-order valence-electron chi connectivity index (χ4n) is 4.10. The molecule has 1 atom stereocenters. The van der Waals surface area contributed by atoms with Crippen molar-refractivity contribution in [3.8, 4) is 11.5 Å². The number of fused-ring (bicyclic) bond motifs is 1. The van der Waals surface area contributed by atoms with Crippen molar-refractivity contribution in [1.29, 1.82) is 0 Å². The zero-order chi connectivity index (χ0) is 24.1. The van der Waals surface area contributed by atoms with E-state index in [2.05, 4.69) is 15.3 Å². The predicted octanol–water partition coefficient (Wildman–Crippen LogP) is 1.29. The molecule has 3 aromatic rings. The summed E-state index contributed by atoms with van der Waals surface area (Å²) in [5, 5.41) is 13.5. The molecule has 0 saturated carbocycles. The molecule has 0 amide bonds. The van der Waals surface area contributed by atoms with E-state index < -0.39 is 16.1 Å². The fraction of sp³-hybridized carbons (Fsp3) is 0.435. The highest BCUT2D eigenvalue weighted by Gasteiger charge is 2.29. The van der Waals surface area contributed by atoms with Crippen molar-refractivity contribution in [1.82, 2.24) is 19.6 Å². The Morgan fingerprint density at radius 3 is 2.59 bits per heavy atom. The standard InChI is InChI=1S/C23H30N4O6S/c1-32-18-5-7-19(8-6-18)34(30,31)27-11-9-16(10-12-27)13-24-14-17(28)15-33-21-4-2-3-20-22(21)26-23(29)25-20/h2-8,16-17,24,28H,9-15H2,1H3,(H2,25,26,29). The highest BCUT2D eigenvalue weighted by atomic mass is 32.2. The van der Waals surface area contributed by atoms with Crippen LogP contribution in [-0.4, -0.2) is 73.8 Å². The van der Waals surface area contributed by atoms with E-state index in [1.165, 1.54) is 4.31 Å². The molecule has 2 aromatic carbocycles. The summed E-state index contributed by atoms with van der Waals surface area (Å²) in [4.78, 5) is 17.1. The lowest BCUT2D eigenvalue weighted by Crippen LogP contribution is -2.42. The number of sulfonamides is 1. The van der Waals surface area contributed by atoms with Gasteiger partial charge in [-0.1, -0.05) is 6.07 Å². The summed E-state index contributed by atoms with van der Waals surface area (Å²) in [6, 6.07) is 11.7. The van der Waals surface area contributed by atoms with Gasteiger partial charge >= 0.3 is 5.69 Å². The highest BCUT2D eigenvalue weighted by Crippen LogP contribution is 2.25. The van der Waals surface area contributed by atoms with E-state index in [-0.39, 0.29) is 17.2 Å². The van der Waals surface area contributed by atoms with Crippen LogP contribution in [0.15, 0.2) is 52.2 Å². The number of aliphatic hydroxyl groups is 1. The third-order valence-electron chi connectivity index (χ3n) is 6.03. The molecule has 1 aromatic heterocycles. The molecule has 1 aliphatic rings. The number of aromatic amines is 2. The predicted molar refractivity (Wildman–Crippen MR) is 128 cm³/mol. The molecule has 0 aliphatic carbocycles. The van der Waals surface area contributed by atoms with E-state index in [1.807, 2.05) is 0 Å². The smallest absolute Gasteiger partial charge is 0.323 e. The Hall–Kier alpha value is -2.86. The first-order valence-electron chi connectivity index (χ1n) is 11.2. The fourth-order valence-corrected chi connectivity index (χ4v) is 5.57. The van der Waals surface area contributed by atoms with Crippen molar-refractivity contribution in [3.63, 3.8) is 0 Å². The minimum atomic E-state index is -3.52. The third-order valence-corrected chi connectivity index (χ3v) is 7.94. The number of ether oxygens (including phenoxy) is 2. The second-order valence-corrected chi connectivity index (χ2v) is 10.3. The second kappa shape index (κ2) is 10.6. The zero-order valence-electron chi connectivity index (χ0n) is 19.0. The summed E-state index contributed by atoms with van der Waals surface area (Å²) >= 11 is 0. The van der Waals surface area contributed by atoms with E-state index in [0.29, 0.717) is 54.6 Å². The molecule has 1 unspecified atom stereocenters. The van der Waals surface area contributed by atoms with E-state index in [4.69, 9.17) is 9.47 Å². The van der Waals surface area contributed by atoms with Crippen molar-refractivity contribution in [2.45, 2.75) is 23.8 Å². The number of methoxy groups -OCH3 is 1. The van der Waals surface area contributed by atoms with Crippen LogP contribution in [0.1, 0.15) is 12.8 Å². The van der Waals surface area contributed by atoms with E-state index in [0.717, 1.165) is 12.8 Å². The molecule has 0 radical (unpaired) electrons. The average Bonchev–Trinajstić information content (AvgIpc) is 3.24. The molecular weight excluding hydrogens is 460 g/mol. The average molecular weight is 491 g/mol. The number of rotatable bonds is 10. The summed E-state index contributed by atoms with van der Waals surface area (Å²) in [6.07, 6.45) is 0.770. The molecule has 34 heavy (non-hydrogen) atoms. The van der Waals surface area contributed by atoms with Crippen molar-refractivity contribution >= 4 is 21.1 Å². The van der Waals surface area contributed by atoms with Crippen molar-refractivity contribution in [3.05, 3.63) is 52.9 Å². The van der Waals surface area contributed by atoms with Gasteiger partial charge in [-0.05, 0) is 61.7 Å². The van der Waals surface area contributed by atoms with Crippen LogP contribution in [0, 0.1) is 5.92 Å². The number of H-pyrrole nitrogens is 2. The van der Waals surface area contributed by atoms with Crippen LogP contribution in [0.2, 0.25) is 0 Å². The summed E-state index contributed by atoms with van der Waals surface area (Å²) in [6.45, 7) is 2.05. The molecule has 10 nitrogen and oxygen atoms in total. The summed E-state index contributed by atoms with van der Waals surface area (Å²) in [7, 11) is -1.97. The first-order chi connectivity index (χ1) is 16.4. The van der Waals surface area contributed by atoms with Gasteiger partial charge in [0, 0.05) is 19.6 Å². The molecule has 0 spiro atoms. The van der Waals surface area contributed by atoms with Gasteiger partial charge < -0.3 is 29.9 Å². The molecular formula is C23H30N4O6S. The number of hydrogen-bond donors (Lipinski definition) is 4. The van der Waals surface area contributed by atoms with Gasteiger partial charge in [0.1, 0.15) is 29.7 Å². The summed E-state index contributed by atoms with van der Waals surface area (Å²) < 4.78 is 38.0. The Kier molecular flexibility index (Phi) is 7.57. The Morgan fingerprint density at radius 1 is 1.15 bits per heavy atom. The van der Waals surface area contributed by atoms with Crippen LogP contribution in [-0.2, 0) is 10.0 Å². The lowest BCUT2D eigenvalue weighted by Gasteiger charge is -2.31. The van der Waals surface area contributed by atoms with Gasteiger partial charge in [0.05, 0.1) is 17.5 Å². The van der Waals surface area contributed by atoms with Crippen LogP contribution in [0.5, 0.6) is 11.5 Å². The maximum Gasteiger partial charge on any atom is 0.323 e. The van der Waals surface area contributed by atoms with Crippen LogP contribution in [0.3, 0.4) is 0 Å². The third kappa shape index (κ3) is 5.61. The summed E-state index contributed by atoms with van der Waals surface area (Å²) in [5.41, 5.74) is 0.913. The lowest BCUT2D eigenvalue weighted by molar-refractivity contribution is 0.105. The largest absolute Gasteiger partial charge is 0.497 e. The van der Waals surface area contributed by atoms with Crippen molar-refractivity contribution in [2.24, 2.45) is 5.92 Å². The molecule has 184 valence electrons. The van der Waals surface area contributed by atoms with Crippen molar-refractivity contribution in [2.75, 3.05) is 39.9 Å². The van der Waals surface area contributed by atoms with Crippen LogP contribution < -0.4 is 20.5 Å². The highest BCUT2D eigenvalue weighted by molar-refractivity contribution is 7.89. The SMILES string of the molecule is COc1ccc(S(=O)(=O)N2CCC(CNCC(O)COc3cccc4[nH]c(=O)[nH]c34)CC2)cc1. The molecule has 2 heterocycles. The quantitative estimate of drug-likeness (QED) is 0.336. The topological polar surface area (TPSA) is 137 Å². The Balaban J connectivity index is 1.19. The Labute approximate surface area is 197 Å². The molecule has 4 rings (SSSR count). The zero-order valence-corrected chi connectivity index (χ0v) is 19.8. The lowest BCUT2D eigenvalue weighted by atomic mass is 9.98. The van der Waals surface area contributed by atoms with Gasteiger partial charge in [-0.3, -0.25) is 0 Å². The second-order valence-electron chi connectivity index (χ2n) is 8.40. The number of para-hydroxylation sites is 1. The molecule has 0 bridgehead atoms. The number of piperidine rings is 1. The maximum absolute atomic E-state index is 12.9. The van der Waals surface area contributed by atoms with Crippen LogP contribution in [0.4, 0.5) is 0 Å². The molecule has 1 aliphatic heterocycles. The first kappa shape index (κ1) is 24.3. The van der Waals surface area contributed by atoms with Gasteiger partial charge in [0.15, 0.2) is 0 Å². The van der Waals surface area contributed by atoms with Gasteiger partial charge in [-0.15, -0.1) is 0 Å².